The summed E-state index contributed by atoms with van der Waals surface area (Å²) >= 11 is 5.95. The highest BCUT2D eigenvalue weighted by molar-refractivity contribution is 6.31. The smallest absolute Gasteiger partial charge is 0.0993 e. The molecule has 1 atom stereocenters. The Morgan fingerprint density at radius 3 is 2.93 bits per heavy atom. The Kier molecular flexibility index (Phi) is 5.08. The van der Waals surface area contributed by atoms with Crippen LogP contribution in [-0.2, 0) is 11.3 Å². The molecule has 0 aliphatic heterocycles. The van der Waals surface area contributed by atoms with Crippen LogP contribution in [0.15, 0.2) is 6.20 Å². The lowest BCUT2D eigenvalue weighted by molar-refractivity contribution is 0.0842. The van der Waals surface area contributed by atoms with E-state index in [-0.39, 0.29) is 0 Å². The van der Waals surface area contributed by atoms with Gasteiger partial charge in [-0.2, -0.15) is 5.10 Å². The van der Waals surface area contributed by atoms with Crippen LogP contribution in [0.25, 0.3) is 0 Å². The first-order valence-corrected chi connectivity index (χ1v) is 5.55. The maximum Gasteiger partial charge on any atom is 0.0993 e. The number of aryl methyl sites for hydroxylation is 1. The molecule has 0 bridgehead atoms. The Morgan fingerprint density at radius 1 is 1.60 bits per heavy atom. The molecule has 0 aromatic carbocycles. The largest absolute Gasteiger partial charge is 0.387 e. The van der Waals surface area contributed by atoms with Crippen molar-refractivity contribution in [1.82, 2.24) is 9.78 Å². The Bertz CT molecular complexity index is 302. The molecule has 0 fully saturated rings. The molecule has 1 unspecified atom stereocenters. The van der Waals surface area contributed by atoms with Crippen LogP contribution < -0.4 is 0 Å². The third-order valence-corrected chi connectivity index (χ3v) is 2.48. The van der Waals surface area contributed by atoms with Crippen molar-refractivity contribution in [3.8, 4) is 0 Å². The van der Waals surface area contributed by atoms with Crippen LogP contribution in [0.3, 0.4) is 0 Å². The molecule has 0 amide bonds. The number of aromatic nitrogens is 2. The van der Waals surface area contributed by atoms with E-state index in [0.29, 0.717) is 36.9 Å². The van der Waals surface area contributed by atoms with Gasteiger partial charge in [0.1, 0.15) is 0 Å². The first-order valence-electron chi connectivity index (χ1n) is 5.17. The zero-order valence-corrected chi connectivity index (χ0v) is 9.87. The minimum Gasteiger partial charge on any atom is -0.387 e. The lowest BCUT2D eigenvalue weighted by atomic mass is 10.2. The van der Waals surface area contributed by atoms with Gasteiger partial charge < -0.3 is 9.84 Å². The second-order valence-electron chi connectivity index (χ2n) is 3.19. The highest BCUT2D eigenvalue weighted by Crippen LogP contribution is 2.24. The molecule has 0 spiro atoms. The van der Waals surface area contributed by atoms with E-state index in [9.17, 15) is 5.11 Å². The lowest BCUT2D eigenvalue weighted by Gasteiger charge is -2.12. The molecule has 0 aliphatic rings. The van der Waals surface area contributed by atoms with Crippen LogP contribution >= 0.6 is 11.6 Å². The fourth-order valence-electron chi connectivity index (χ4n) is 1.43. The molecular weight excluding hydrogens is 216 g/mol. The highest BCUT2D eigenvalue weighted by atomic mass is 35.5. The number of nitrogens with zero attached hydrogens (tertiary/aromatic N) is 2. The molecule has 86 valence electrons. The van der Waals surface area contributed by atoms with E-state index in [4.69, 9.17) is 16.3 Å². The van der Waals surface area contributed by atoms with Gasteiger partial charge in [0, 0.05) is 26.2 Å². The van der Waals surface area contributed by atoms with Crippen molar-refractivity contribution in [3.63, 3.8) is 0 Å². The molecule has 0 saturated carbocycles. The summed E-state index contributed by atoms with van der Waals surface area (Å²) in [5.41, 5.74) is 0.680. The van der Waals surface area contributed by atoms with E-state index in [1.807, 2.05) is 13.8 Å². The Labute approximate surface area is 94.8 Å². The molecule has 0 aliphatic carbocycles. The van der Waals surface area contributed by atoms with Crippen molar-refractivity contribution in [1.29, 1.82) is 0 Å². The van der Waals surface area contributed by atoms with Crippen LogP contribution in [0.5, 0.6) is 0 Å². The van der Waals surface area contributed by atoms with Gasteiger partial charge in [-0.25, -0.2) is 0 Å². The van der Waals surface area contributed by atoms with Gasteiger partial charge in [-0.3, -0.25) is 4.68 Å². The van der Waals surface area contributed by atoms with E-state index < -0.39 is 6.10 Å². The second-order valence-corrected chi connectivity index (χ2v) is 3.60. The maximum atomic E-state index is 9.90. The number of aliphatic hydroxyl groups excluding tert-OH is 1. The third kappa shape index (κ3) is 3.19. The molecule has 1 heterocycles. The molecule has 1 aromatic heterocycles. The van der Waals surface area contributed by atoms with E-state index in [1.54, 1.807) is 10.9 Å². The summed E-state index contributed by atoms with van der Waals surface area (Å²) in [4.78, 5) is 0. The highest BCUT2D eigenvalue weighted by Gasteiger charge is 2.16. The van der Waals surface area contributed by atoms with Crippen LogP contribution in [0.1, 0.15) is 32.1 Å². The van der Waals surface area contributed by atoms with Gasteiger partial charge in [0.15, 0.2) is 0 Å². The topological polar surface area (TPSA) is 47.3 Å². The summed E-state index contributed by atoms with van der Waals surface area (Å²) in [5, 5.41) is 14.5. The van der Waals surface area contributed by atoms with E-state index in [2.05, 4.69) is 5.10 Å². The number of hydrogen-bond donors (Lipinski definition) is 1. The Balaban J connectivity index is 2.63. The summed E-state index contributed by atoms with van der Waals surface area (Å²) in [5.74, 6) is 0. The van der Waals surface area contributed by atoms with Gasteiger partial charge in [0.05, 0.1) is 23.0 Å². The minimum atomic E-state index is -0.605. The predicted molar refractivity (Wildman–Crippen MR) is 59.0 cm³/mol. The number of hydrogen-bond acceptors (Lipinski definition) is 3. The Hall–Kier alpha value is -0.580. The second kappa shape index (κ2) is 6.10. The SMILES string of the molecule is CCOCCC(O)c1c(Cl)cnn1CC. The van der Waals surface area contributed by atoms with Crippen molar-refractivity contribution in [3.05, 3.63) is 16.9 Å². The van der Waals surface area contributed by atoms with Gasteiger partial charge in [-0.05, 0) is 13.8 Å². The lowest BCUT2D eigenvalue weighted by Crippen LogP contribution is -2.10. The zero-order valence-electron chi connectivity index (χ0n) is 9.11. The fourth-order valence-corrected chi connectivity index (χ4v) is 1.70. The summed E-state index contributed by atoms with van der Waals surface area (Å²) in [6.07, 6.45) is 1.50. The van der Waals surface area contributed by atoms with Crippen LogP contribution in [0.4, 0.5) is 0 Å². The molecule has 5 heteroatoms. The van der Waals surface area contributed by atoms with Gasteiger partial charge >= 0.3 is 0 Å². The van der Waals surface area contributed by atoms with Gasteiger partial charge in [0.25, 0.3) is 0 Å². The first kappa shape index (κ1) is 12.5. The number of ether oxygens (including phenoxy) is 1. The first-order chi connectivity index (χ1) is 7.20. The normalized spacial score (nSPS) is 13.1. The van der Waals surface area contributed by atoms with Gasteiger partial charge in [-0.15, -0.1) is 0 Å². The number of halogens is 1. The van der Waals surface area contributed by atoms with Crippen molar-refractivity contribution in [2.24, 2.45) is 0 Å². The fraction of sp³-hybridized carbons (Fsp3) is 0.700. The molecule has 0 saturated heterocycles. The van der Waals surface area contributed by atoms with Crippen molar-refractivity contribution < 1.29 is 9.84 Å². The molecule has 0 radical (unpaired) electrons. The van der Waals surface area contributed by atoms with Gasteiger partial charge in [0.2, 0.25) is 0 Å². The van der Waals surface area contributed by atoms with Crippen molar-refractivity contribution in [2.75, 3.05) is 13.2 Å². The molecule has 15 heavy (non-hydrogen) atoms. The average molecular weight is 233 g/mol. The van der Waals surface area contributed by atoms with Crippen LogP contribution in [-0.4, -0.2) is 28.1 Å². The van der Waals surface area contributed by atoms with Crippen LogP contribution in [0, 0.1) is 0 Å². The number of rotatable bonds is 6. The van der Waals surface area contributed by atoms with E-state index in [0.717, 1.165) is 0 Å². The molecular formula is C10H17ClN2O2. The van der Waals surface area contributed by atoms with Gasteiger partial charge in [-0.1, -0.05) is 11.6 Å². The molecule has 1 aromatic rings. The average Bonchev–Trinajstić information content (AvgIpc) is 2.59. The standard InChI is InChI=1S/C10H17ClN2O2/c1-3-13-10(8(11)7-12-13)9(14)5-6-15-4-2/h7,9,14H,3-6H2,1-2H3. The summed E-state index contributed by atoms with van der Waals surface area (Å²) < 4.78 is 6.89. The van der Waals surface area contributed by atoms with E-state index >= 15 is 0 Å². The predicted octanol–water partition coefficient (Wildman–Crippen LogP) is 2.02. The zero-order chi connectivity index (χ0) is 11.3. The van der Waals surface area contributed by atoms with Crippen molar-refractivity contribution >= 4 is 11.6 Å². The monoisotopic (exact) mass is 232 g/mol. The number of aliphatic hydroxyl groups is 1. The minimum absolute atomic E-state index is 0.515. The molecule has 1 rings (SSSR count). The molecule has 1 N–H and O–H groups in total. The molecule has 4 nitrogen and oxygen atoms in total. The maximum absolute atomic E-state index is 9.90. The quantitative estimate of drug-likeness (QED) is 0.764. The Morgan fingerprint density at radius 2 is 2.33 bits per heavy atom. The summed E-state index contributed by atoms with van der Waals surface area (Å²) in [6.45, 7) is 5.78. The van der Waals surface area contributed by atoms with Crippen LogP contribution in [0.2, 0.25) is 5.02 Å². The van der Waals surface area contributed by atoms with E-state index in [1.165, 1.54) is 0 Å². The summed E-state index contributed by atoms with van der Waals surface area (Å²) in [6, 6.07) is 0. The van der Waals surface area contributed by atoms with Crippen molar-refractivity contribution in [2.45, 2.75) is 32.9 Å². The summed E-state index contributed by atoms with van der Waals surface area (Å²) in [7, 11) is 0. The third-order valence-electron chi connectivity index (χ3n) is 2.19.